The molecule has 1 aromatic carbocycles. The fraction of sp³-hybridized carbons (Fsp3) is 0.462. The molecule has 0 atom stereocenters. The van der Waals surface area contributed by atoms with E-state index in [0.29, 0.717) is 6.54 Å². The molecule has 0 bridgehead atoms. The Hall–Kier alpha value is -1.91. The molecule has 0 spiro atoms. The van der Waals surface area contributed by atoms with E-state index < -0.39 is 6.09 Å². The molecule has 5 nitrogen and oxygen atoms in total. The van der Waals surface area contributed by atoms with Crippen molar-refractivity contribution in [3.8, 4) is 0 Å². The van der Waals surface area contributed by atoms with Gasteiger partial charge in [-0.25, -0.2) is 4.79 Å². The number of carboxylic acid groups (broad SMARTS) is 1. The summed E-state index contributed by atoms with van der Waals surface area (Å²) in [6.07, 6.45) is 3.18. The number of nitrogens with one attached hydrogen (secondary N) is 2. The smallest absolute Gasteiger partial charge is 0.404 e. The van der Waals surface area contributed by atoms with Gasteiger partial charge in [0.1, 0.15) is 0 Å². The molecule has 0 radical (unpaired) electrons. The largest absolute Gasteiger partial charge is 0.465 e. The van der Waals surface area contributed by atoms with Crippen molar-refractivity contribution in [1.29, 1.82) is 0 Å². The molecule has 0 heterocycles. The topological polar surface area (TPSA) is 87.4 Å². The Labute approximate surface area is 107 Å². The molecule has 1 aromatic rings. The first kappa shape index (κ1) is 14.2. The van der Waals surface area contributed by atoms with E-state index >= 15 is 0 Å². The van der Waals surface area contributed by atoms with E-state index in [0.717, 1.165) is 43.6 Å². The van der Waals surface area contributed by atoms with Gasteiger partial charge < -0.3 is 21.5 Å². The van der Waals surface area contributed by atoms with Crippen LogP contribution in [0.15, 0.2) is 24.3 Å². The van der Waals surface area contributed by atoms with Crippen molar-refractivity contribution >= 4 is 17.5 Å². The summed E-state index contributed by atoms with van der Waals surface area (Å²) in [5.41, 5.74) is 7.45. The van der Waals surface area contributed by atoms with Crippen molar-refractivity contribution in [2.75, 3.05) is 24.1 Å². The van der Waals surface area contributed by atoms with Gasteiger partial charge in [-0.2, -0.15) is 0 Å². The Morgan fingerprint density at radius 3 is 2.28 bits per heavy atom. The maximum Gasteiger partial charge on any atom is 0.404 e. The van der Waals surface area contributed by atoms with Crippen molar-refractivity contribution in [3.63, 3.8) is 0 Å². The van der Waals surface area contributed by atoms with Gasteiger partial charge in [-0.05, 0) is 37.1 Å². The Kier molecular flexibility index (Phi) is 6.46. The van der Waals surface area contributed by atoms with Gasteiger partial charge >= 0.3 is 6.09 Å². The Bertz CT molecular complexity index is 352. The van der Waals surface area contributed by atoms with E-state index in [9.17, 15) is 4.79 Å². The molecule has 0 fully saturated rings. The molecule has 0 saturated heterocycles. The number of anilines is 2. The van der Waals surface area contributed by atoms with Crippen molar-refractivity contribution in [3.05, 3.63) is 24.3 Å². The maximum absolute atomic E-state index is 10.2. The lowest BCUT2D eigenvalue weighted by atomic mass is 10.2. The van der Waals surface area contributed by atoms with Crippen LogP contribution < -0.4 is 16.4 Å². The lowest BCUT2D eigenvalue weighted by molar-refractivity contribution is 0.194. The minimum Gasteiger partial charge on any atom is -0.465 e. The van der Waals surface area contributed by atoms with Crippen LogP contribution in [-0.2, 0) is 0 Å². The number of unbranched alkanes of at least 4 members (excludes halogenated alkanes) is 3. The number of nitrogens with two attached hydrogens (primary N) is 1. The Morgan fingerprint density at radius 2 is 1.67 bits per heavy atom. The Morgan fingerprint density at radius 1 is 1.06 bits per heavy atom. The van der Waals surface area contributed by atoms with E-state index in [1.165, 1.54) is 0 Å². The fourth-order valence-electron chi connectivity index (χ4n) is 1.63. The van der Waals surface area contributed by atoms with Crippen LogP contribution in [0.2, 0.25) is 0 Å². The zero-order chi connectivity index (χ0) is 13.2. The van der Waals surface area contributed by atoms with Crippen LogP contribution >= 0.6 is 0 Å². The van der Waals surface area contributed by atoms with Crippen molar-refractivity contribution in [2.45, 2.75) is 25.7 Å². The highest BCUT2D eigenvalue weighted by molar-refractivity contribution is 5.64. The summed E-state index contributed by atoms with van der Waals surface area (Å²) in [5, 5.41) is 14.0. The second kappa shape index (κ2) is 8.22. The number of carbonyl (C=O) groups is 1. The summed E-state index contributed by atoms with van der Waals surface area (Å²) in [6.45, 7) is 1.47. The summed E-state index contributed by atoms with van der Waals surface area (Å²) < 4.78 is 0. The monoisotopic (exact) mass is 251 g/mol. The highest BCUT2D eigenvalue weighted by atomic mass is 16.4. The minimum atomic E-state index is -0.944. The lowest BCUT2D eigenvalue weighted by Crippen LogP contribution is -2.21. The standard InChI is InChI=1S/C13H21N3O2/c14-11-5-7-12(8-6-11)15-9-3-1-2-4-10-16-13(17)18/h5-8,15-16H,1-4,9-10,14H2,(H,17,18). The molecular weight excluding hydrogens is 230 g/mol. The molecule has 1 rings (SSSR count). The number of hydrogen-bond acceptors (Lipinski definition) is 3. The quantitative estimate of drug-likeness (QED) is 0.422. The Balaban J connectivity index is 1.95. The molecule has 0 aromatic heterocycles. The normalized spacial score (nSPS) is 10.0. The van der Waals surface area contributed by atoms with Crippen LogP contribution in [0.3, 0.4) is 0 Å². The number of benzene rings is 1. The second-order valence-corrected chi connectivity index (χ2v) is 4.19. The van der Waals surface area contributed by atoms with E-state index in [4.69, 9.17) is 10.8 Å². The van der Waals surface area contributed by atoms with E-state index in [1.807, 2.05) is 24.3 Å². The first-order valence-corrected chi connectivity index (χ1v) is 6.24. The number of nitrogen functional groups attached to an aromatic ring is 1. The summed E-state index contributed by atoms with van der Waals surface area (Å²) in [6, 6.07) is 7.68. The summed E-state index contributed by atoms with van der Waals surface area (Å²) in [5.74, 6) is 0. The SMILES string of the molecule is Nc1ccc(NCCCCCCNC(=O)O)cc1. The van der Waals surface area contributed by atoms with Gasteiger partial charge in [0.15, 0.2) is 0 Å². The third-order valence-corrected chi connectivity index (χ3v) is 2.62. The highest BCUT2D eigenvalue weighted by Crippen LogP contribution is 2.10. The molecule has 5 heteroatoms. The number of rotatable bonds is 8. The van der Waals surface area contributed by atoms with Crippen LogP contribution in [-0.4, -0.2) is 24.3 Å². The summed E-state index contributed by atoms with van der Waals surface area (Å²) in [7, 11) is 0. The zero-order valence-corrected chi connectivity index (χ0v) is 10.5. The van der Waals surface area contributed by atoms with Crippen molar-refractivity contribution < 1.29 is 9.90 Å². The van der Waals surface area contributed by atoms with Crippen LogP contribution in [0.4, 0.5) is 16.2 Å². The second-order valence-electron chi connectivity index (χ2n) is 4.19. The molecule has 0 saturated carbocycles. The van der Waals surface area contributed by atoms with Gasteiger partial charge in [0.25, 0.3) is 0 Å². The molecule has 5 N–H and O–H groups in total. The fourth-order valence-corrected chi connectivity index (χ4v) is 1.63. The minimum absolute atomic E-state index is 0.542. The summed E-state index contributed by atoms with van der Waals surface area (Å²) >= 11 is 0. The van der Waals surface area contributed by atoms with E-state index in [-0.39, 0.29) is 0 Å². The molecule has 0 aliphatic rings. The molecule has 0 aliphatic carbocycles. The molecule has 100 valence electrons. The first-order valence-electron chi connectivity index (χ1n) is 6.24. The van der Waals surface area contributed by atoms with Crippen LogP contribution in [0, 0.1) is 0 Å². The lowest BCUT2D eigenvalue weighted by Gasteiger charge is -2.06. The van der Waals surface area contributed by atoms with Gasteiger partial charge in [0.05, 0.1) is 0 Å². The molecule has 1 amide bonds. The van der Waals surface area contributed by atoms with Gasteiger partial charge in [0.2, 0.25) is 0 Å². The van der Waals surface area contributed by atoms with Crippen molar-refractivity contribution in [2.24, 2.45) is 0 Å². The van der Waals surface area contributed by atoms with Crippen LogP contribution in [0.5, 0.6) is 0 Å². The van der Waals surface area contributed by atoms with E-state index in [1.54, 1.807) is 0 Å². The first-order chi connectivity index (χ1) is 8.68. The summed E-state index contributed by atoms with van der Waals surface area (Å²) in [4.78, 5) is 10.2. The van der Waals surface area contributed by atoms with Gasteiger partial charge in [0, 0.05) is 24.5 Å². The predicted molar refractivity (Wildman–Crippen MR) is 73.8 cm³/mol. The average molecular weight is 251 g/mol. The van der Waals surface area contributed by atoms with Crippen LogP contribution in [0.1, 0.15) is 25.7 Å². The number of hydrogen-bond donors (Lipinski definition) is 4. The molecule has 0 unspecified atom stereocenters. The molecular formula is C13H21N3O2. The zero-order valence-electron chi connectivity index (χ0n) is 10.5. The average Bonchev–Trinajstić information content (AvgIpc) is 2.34. The molecule has 0 aliphatic heterocycles. The maximum atomic E-state index is 10.2. The third-order valence-electron chi connectivity index (χ3n) is 2.62. The molecule has 18 heavy (non-hydrogen) atoms. The predicted octanol–water partition coefficient (Wildman–Crippen LogP) is 2.51. The van der Waals surface area contributed by atoms with Crippen molar-refractivity contribution in [1.82, 2.24) is 5.32 Å². The van der Waals surface area contributed by atoms with Crippen LogP contribution in [0.25, 0.3) is 0 Å². The highest BCUT2D eigenvalue weighted by Gasteiger charge is 1.94. The van der Waals surface area contributed by atoms with Gasteiger partial charge in [-0.3, -0.25) is 0 Å². The third kappa shape index (κ3) is 6.62. The van der Waals surface area contributed by atoms with Gasteiger partial charge in [-0.1, -0.05) is 12.8 Å². The van der Waals surface area contributed by atoms with Gasteiger partial charge in [-0.15, -0.1) is 0 Å². The van der Waals surface area contributed by atoms with E-state index in [2.05, 4.69) is 10.6 Å². The number of amides is 1.